The van der Waals surface area contributed by atoms with Crippen LogP contribution >= 0.6 is 22.6 Å². The molecule has 0 saturated heterocycles. The van der Waals surface area contributed by atoms with E-state index in [9.17, 15) is 4.79 Å². The van der Waals surface area contributed by atoms with E-state index in [0.717, 1.165) is 28.0 Å². The maximum Gasteiger partial charge on any atom is 0.226 e. The van der Waals surface area contributed by atoms with E-state index in [1.807, 2.05) is 42.1 Å². The molecule has 0 saturated carbocycles. The highest BCUT2D eigenvalue weighted by atomic mass is 127. The summed E-state index contributed by atoms with van der Waals surface area (Å²) in [7, 11) is 0. The summed E-state index contributed by atoms with van der Waals surface area (Å²) >= 11 is 2.25. The predicted molar refractivity (Wildman–Crippen MR) is 103 cm³/mol. The molecule has 0 aliphatic rings. The topological polar surface area (TPSA) is 50.2 Å². The summed E-state index contributed by atoms with van der Waals surface area (Å²) in [5.41, 5.74) is 3.00. The molecule has 0 spiro atoms. The first-order valence-electron chi connectivity index (χ1n) is 7.88. The number of hydrogen-bond donors (Lipinski definition) is 1. The highest BCUT2D eigenvalue weighted by molar-refractivity contribution is 14.1. The number of aromatic nitrogens is 2. The Hall–Kier alpha value is -1.57. The number of aryl methyl sites for hydroxylation is 2. The van der Waals surface area contributed by atoms with Crippen molar-refractivity contribution in [2.45, 2.75) is 33.7 Å². The quantitative estimate of drug-likeness (QED) is 0.688. The van der Waals surface area contributed by atoms with Crippen LogP contribution in [0.5, 0.6) is 0 Å². The number of rotatable bonds is 7. The molecule has 23 heavy (non-hydrogen) atoms. The van der Waals surface area contributed by atoms with Crippen LogP contribution in [0, 0.1) is 10.5 Å². The fourth-order valence-electron chi connectivity index (χ4n) is 2.39. The lowest BCUT2D eigenvalue weighted by atomic mass is 10.2. The standard InChI is InChI=1S/C17H23IN4O/c1-4-21(5-2)15-8-6-14(7-9-15)19-17(23)10-11-22-12-16(18)13(3)20-22/h6-9,12H,4-5,10-11H2,1-3H3,(H,19,23). The zero-order valence-electron chi connectivity index (χ0n) is 13.8. The van der Waals surface area contributed by atoms with E-state index < -0.39 is 0 Å². The Kier molecular flexibility index (Phi) is 6.44. The molecule has 0 radical (unpaired) electrons. The van der Waals surface area contributed by atoms with Gasteiger partial charge in [-0.2, -0.15) is 5.10 Å². The third-order valence-corrected chi connectivity index (χ3v) is 4.79. The van der Waals surface area contributed by atoms with Gasteiger partial charge in [-0.3, -0.25) is 9.48 Å². The van der Waals surface area contributed by atoms with E-state index in [4.69, 9.17) is 0 Å². The number of nitrogens with zero attached hydrogens (tertiary/aromatic N) is 3. The third kappa shape index (κ3) is 4.95. The summed E-state index contributed by atoms with van der Waals surface area (Å²) in [5, 5.41) is 7.30. The maximum atomic E-state index is 12.0. The predicted octanol–water partition coefficient (Wildman–Crippen LogP) is 3.67. The van der Waals surface area contributed by atoms with Crippen LogP contribution in [0.2, 0.25) is 0 Å². The largest absolute Gasteiger partial charge is 0.372 e. The van der Waals surface area contributed by atoms with Crippen molar-refractivity contribution in [2.75, 3.05) is 23.3 Å². The Labute approximate surface area is 151 Å². The molecule has 0 fully saturated rings. The molecule has 1 amide bonds. The minimum absolute atomic E-state index is 0.00347. The van der Waals surface area contributed by atoms with Crippen LogP contribution in [0.4, 0.5) is 11.4 Å². The molecule has 2 aromatic rings. The van der Waals surface area contributed by atoms with Crippen molar-refractivity contribution < 1.29 is 4.79 Å². The third-order valence-electron chi connectivity index (χ3n) is 3.73. The Bertz CT molecular complexity index is 628. The SMILES string of the molecule is CCN(CC)c1ccc(NC(=O)CCn2cc(I)c(C)n2)cc1. The van der Waals surface area contributed by atoms with Gasteiger partial charge in [-0.15, -0.1) is 0 Å². The summed E-state index contributed by atoms with van der Waals surface area (Å²) in [4.78, 5) is 14.3. The minimum atomic E-state index is 0.00347. The number of amides is 1. The second-order valence-electron chi connectivity index (χ2n) is 5.34. The summed E-state index contributed by atoms with van der Waals surface area (Å²) < 4.78 is 2.94. The van der Waals surface area contributed by atoms with Crippen molar-refractivity contribution in [2.24, 2.45) is 0 Å². The Balaban J connectivity index is 1.87. The molecular formula is C17H23IN4O. The van der Waals surface area contributed by atoms with Gasteiger partial charge in [-0.1, -0.05) is 0 Å². The molecule has 0 bridgehead atoms. The molecule has 0 atom stereocenters. The van der Waals surface area contributed by atoms with Crippen LogP contribution in [-0.2, 0) is 11.3 Å². The van der Waals surface area contributed by atoms with Crippen LogP contribution in [-0.4, -0.2) is 28.8 Å². The molecule has 1 aromatic carbocycles. The summed E-state index contributed by atoms with van der Waals surface area (Å²) in [6, 6.07) is 7.99. The van der Waals surface area contributed by atoms with E-state index >= 15 is 0 Å². The maximum absolute atomic E-state index is 12.0. The van der Waals surface area contributed by atoms with Gasteiger partial charge >= 0.3 is 0 Å². The first-order valence-corrected chi connectivity index (χ1v) is 8.95. The van der Waals surface area contributed by atoms with Gasteiger partial charge in [0.15, 0.2) is 0 Å². The van der Waals surface area contributed by atoms with E-state index in [1.165, 1.54) is 5.69 Å². The van der Waals surface area contributed by atoms with Crippen molar-refractivity contribution in [3.8, 4) is 0 Å². The van der Waals surface area contributed by atoms with Crippen molar-refractivity contribution in [1.82, 2.24) is 9.78 Å². The van der Waals surface area contributed by atoms with Crippen LogP contribution in [0.25, 0.3) is 0 Å². The van der Waals surface area contributed by atoms with Gasteiger partial charge in [0.25, 0.3) is 0 Å². The second kappa shape index (κ2) is 8.33. The zero-order valence-corrected chi connectivity index (χ0v) is 16.0. The molecule has 1 heterocycles. The molecule has 1 N–H and O–H groups in total. The molecule has 5 nitrogen and oxygen atoms in total. The molecule has 6 heteroatoms. The zero-order chi connectivity index (χ0) is 16.8. The fourth-order valence-corrected chi connectivity index (χ4v) is 2.82. The monoisotopic (exact) mass is 426 g/mol. The average molecular weight is 426 g/mol. The lowest BCUT2D eigenvalue weighted by molar-refractivity contribution is -0.116. The Morgan fingerprint density at radius 2 is 1.91 bits per heavy atom. The fraction of sp³-hybridized carbons (Fsp3) is 0.412. The lowest BCUT2D eigenvalue weighted by Crippen LogP contribution is -2.21. The minimum Gasteiger partial charge on any atom is -0.372 e. The van der Waals surface area contributed by atoms with Crippen LogP contribution in [0.1, 0.15) is 26.0 Å². The van der Waals surface area contributed by atoms with Crippen molar-refractivity contribution >= 4 is 39.9 Å². The van der Waals surface area contributed by atoms with Gasteiger partial charge in [-0.05, 0) is 67.6 Å². The molecule has 1 aromatic heterocycles. The second-order valence-corrected chi connectivity index (χ2v) is 6.51. The molecule has 0 unspecified atom stereocenters. The number of benzene rings is 1. The number of carbonyl (C=O) groups excluding carboxylic acids is 1. The summed E-state index contributed by atoms with van der Waals surface area (Å²) in [6.07, 6.45) is 2.37. The number of nitrogens with one attached hydrogen (secondary N) is 1. The first kappa shape index (κ1) is 17.8. The van der Waals surface area contributed by atoms with E-state index in [-0.39, 0.29) is 5.91 Å². The van der Waals surface area contributed by atoms with Gasteiger partial charge in [0.2, 0.25) is 5.91 Å². The van der Waals surface area contributed by atoms with E-state index in [1.54, 1.807) is 0 Å². The van der Waals surface area contributed by atoms with Gasteiger partial charge in [-0.25, -0.2) is 0 Å². The molecule has 0 aliphatic carbocycles. The van der Waals surface area contributed by atoms with Crippen LogP contribution in [0.15, 0.2) is 30.5 Å². The van der Waals surface area contributed by atoms with Crippen molar-refractivity contribution in [3.05, 3.63) is 39.7 Å². The normalized spacial score (nSPS) is 10.6. The number of hydrogen-bond acceptors (Lipinski definition) is 3. The molecule has 2 rings (SSSR count). The van der Waals surface area contributed by atoms with E-state index in [0.29, 0.717) is 13.0 Å². The van der Waals surface area contributed by atoms with Crippen LogP contribution < -0.4 is 10.2 Å². The number of halogens is 1. The van der Waals surface area contributed by atoms with E-state index in [2.05, 4.69) is 51.8 Å². The summed E-state index contributed by atoms with van der Waals surface area (Å²) in [6.45, 7) is 8.78. The average Bonchev–Trinajstić information content (AvgIpc) is 2.87. The first-order chi connectivity index (χ1) is 11.0. The molecule has 124 valence electrons. The summed E-state index contributed by atoms with van der Waals surface area (Å²) in [5.74, 6) is 0.00347. The molecular weight excluding hydrogens is 403 g/mol. The lowest BCUT2D eigenvalue weighted by Gasteiger charge is -2.21. The smallest absolute Gasteiger partial charge is 0.226 e. The highest BCUT2D eigenvalue weighted by Gasteiger charge is 2.07. The molecule has 0 aliphatic heterocycles. The number of carbonyl (C=O) groups is 1. The van der Waals surface area contributed by atoms with Gasteiger partial charge in [0, 0.05) is 43.6 Å². The van der Waals surface area contributed by atoms with Crippen molar-refractivity contribution in [3.63, 3.8) is 0 Å². The number of anilines is 2. The van der Waals surface area contributed by atoms with Gasteiger partial charge < -0.3 is 10.2 Å². The van der Waals surface area contributed by atoms with Gasteiger partial charge in [0.1, 0.15) is 0 Å². The Morgan fingerprint density at radius 1 is 1.26 bits per heavy atom. The van der Waals surface area contributed by atoms with Gasteiger partial charge in [0.05, 0.1) is 9.26 Å². The highest BCUT2D eigenvalue weighted by Crippen LogP contribution is 2.18. The Morgan fingerprint density at radius 3 is 2.43 bits per heavy atom. The van der Waals surface area contributed by atoms with Crippen molar-refractivity contribution in [1.29, 1.82) is 0 Å². The van der Waals surface area contributed by atoms with Crippen LogP contribution in [0.3, 0.4) is 0 Å².